The van der Waals surface area contributed by atoms with E-state index in [1.807, 2.05) is 13.8 Å². The smallest absolute Gasteiger partial charge is 0.322 e. The second kappa shape index (κ2) is 6.57. The number of nitrogens with one attached hydrogen (secondary N) is 1. The highest BCUT2D eigenvalue weighted by Crippen LogP contribution is 2.13. The minimum Gasteiger partial charge on any atom is -0.481 e. The molecule has 8 heteroatoms. The Morgan fingerprint density at radius 2 is 2.33 bits per heavy atom. The molecule has 1 unspecified atom stereocenters. The van der Waals surface area contributed by atoms with Gasteiger partial charge in [-0.05, 0) is 13.8 Å². The van der Waals surface area contributed by atoms with E-state index in [4.69, 9.17) is 9.84 Å². The lowest BCUT2D eigenvalue weighted by Crippen LogP contribution is -2.47. The molecule has 0 aliphatic carbocycles. The predicted molar refractivity (Wildman–Crippen MR) is 75.2 cm³/mol. The van der Waals surface area contributed by atoms with Crippen LogP contribution in [0.1, 0.15) is 26.3 Å². The molecule has 2 heterocycles. The molecule has 1 aliphatic rings. The molecule has 1 aromatic heterocycles. The lowest BCUT2D eigenvalue weighted by molar-refractivity contribution is -0.141. The summed E-state index contributed by atoms with van der Waals surface area (Å²) in [5.41, 5.74) is 0.620. The highest BCUT2D eigenvalue weighted by atomic mass is 16.5. The Balaban J connectivity index is 1.91. The topological polar surface area (TPSA) is 96.7 Å². The van der Waals surface area contributed by atoms with Crippen molar-refractivity contribution in [3.05, 3.63) is 12.4 Å². The van der Waals surface area contributed by atoms with Gasteiger partial charge in [-0.15, -0.1) is 0 Å². The van der Waals surface area contributed by atoms with Crippen LogP contribution in [0.25, 0.3) is 0 Å². The number of carboxylic acid groups (broad SMARTS) is 1. The van der Waals surface area contributed by atoms with E-state index in [1.54, 1.807) is 22.0 Å². The number of nitrogens with zero attached hydrogens (tertiary/aromatic N) is 3. The molecule has 1 fully saturated rings. The van der Waals surface area contributed by atoms with Gasteiger partial charge in [-0.1, -0.05) is 0 Å². The van der Waals surface area contributed by atoms with Crippen LogP contribution in [0, 0.1) is 0 Å². The van der Waals surface area contributed by atoms with Crippen LogP contribution in [0.15, 0.2) is 12.4 Å². The molecule has 1 atom stereocenters. The highest BCUT2D eigenvalue weighted by Gasteiger charge is 2.26. The summed E-state index contributed by atoms with van der Waals surface area (Å²) in [6, 6.07) is -0.0454. The molecule has 0 aromatic carbocycles. The largest absolute Gasteiger partial charge is 0.481 e. The summed E-state index contributed by atoms with van der Waals surface area (Å²) in [6.07, 6.45) is 2.79. The average molecular weight is 296 g/mol. The van der Waals surface area contributed by atoms with Crippen LogP contribution in [0.2, 0.25) is 0 Å². The predicted octanol–water partition coefficient (Wildman–Crippen LogP) is 1.17. The third kappa shape index (κ3) is 4.19. The van der Waals surface area contributed by atoms with Gasteiger partial charge >= 0.3 is 12.0 Å². The number of carboxylic acids is 1. The first-order valence-electron chi connectivity index (χ1n) is 6.89. The summed E-state index contributed by atoms with van der Waals surface area (Å²) in [6.45, 7) is 5.06. The van der Waals surface area contributed by atoms with Crippen molar-refractivity contribution in [1.82, 2.24) is 14.7 Å². The van der Waals surface area contributed by atoms with Crippen LogP contribution < -0.4 is 5.32 Å². The second-order valence-electron chi connectivity index (χ2n) is 5.27. The zero-order valence-corrected chi connectivity index (χ0v) is 12.2. The number of anilines is 1. The number of aliphatic carboxylic acids is 1. The molecule has 116 valence electrons. The van der Waals surface area contributed by atoms with Crippen molar-refractivity contribution < 1.29 is 19.4 Å². The first kappa shape index (κ1) is 15.3. The van der Waals surface area contributed by atoms with E-state index >= 15 is 0 Å². The van der Waals surface area contributed by atoms with Crippen molar-refractivity contribution in [1.29, 1.82) is 0 Å². The third-order valence-electron chi connectivity index (χ3n) is 3.21. The Kier molecular flexibility index (Phi) is 4.79. The molecule has 0 radical (unpaired) electrons. The van der Waals surface area contributed by atoms with Gasteiger partial charge in [0.1, 0.15) is 0 Å². The van der Waals surface area contributed by atoms with Gasteiger partial charge in [-0.3, -0.25) is 9.48 Å². The lowest BCUT2D eigenvalue weighted by Gasteiger charge is -2.32. The molecule has 1 aliphatic heterocycles. The second-order valence-corrected chi connectivity index (χ2v) is 5.27. The van der Waals surface area contributed by atoms with E-state index in [-0.39, 0.29) is 25.0 Å². The molecule has 0 bridgehead atoms. The number of rotatable bonds is 4. The van der Waals surface area contributed by atoms with Crippen molar-refractivity contribution in [3.63, 3.8) is 0 Å². The molecule has 2 N–H and O–H groups in total. The SMILES string of the molecule is CC(C)n1cc(NC(=O)N2CCOC(CC(=O)O)C2)cn1. The summed E-state index contributed by atoms with van der Waals surface area (Å²) >= 11 is 0. The Morgan fingerprint density at radius 3 is 2.95 bits per heavy atom. The van der Waals surface area contributed by atoms with E-state index in [0.717, 1.165) is 0 Å². The molecule has 8 nitrogen and oxygen atoms in total. The standard InChI is InChI=1S/C13H20N4O4/c1-9(2)17-7-10(6-14-17)15-13(20)16-3-4-21-11(8-16)5-12(18)19/h6-7,9,11H,3-5,8H2,1-2H3,(H,15,20)(H,18,19). The summed E-state index contributed by atoms with van der Waals surface area (Å²) < 4.78 is 7.09. The van der Waals surface area contributed by atoms with Crippen molar-refractivity contribution in [3.8, 4) is 0 Å². The Bertz CT molecular complexity index is 514. The minimum atomic E-state index is -0.930. The van der Waals surface area contributed by atoms with Gasteiger partial charge in [0.05, 0.1) is 31.0 Å². The number of hydrogen-bond acceptors (Lipinski definition) is 4. The Labute approximate surface area is 122 Å². The number of carbonyl (C=O) groups is 2. The fourth-order valence-electron chi connectivity index (χ4n) is 2.11. The molecule has 2 rings (SSSR count). The number of urea groups is 1. The first-order chi connectivity index (χ1) is 9.95. The quantitative estimate of drug-likeness (QED) is 0.869. The van der Waals surface area contributed by atoms with Crippen molar-refractivity contribution in [2.75, 3.05) is 25.0 Å². The van der Waals surface area contributed by atoms with Gasteiger partial charge in [-0.25, -0.2) is 4.79 Å². The molecule has 0 saturated carbocycles. The number of aromatic nitrogens is 2. The molecular weight excluding hydrogens is 276 g/mol. The number of carbonyl (C=O) groups excluding carboxylic acids is 1. The maximum atomic E-state index is 12.2. The van der Waals surface area contributed by atoms with Gasteiger partial charge in [0.25, 0.3) is 0 Å². The van der Waals surface area contributed by atoms with Crippen molar-refractivity contribution in [2.45, 2.75) is 32.4 Å². The molecule has 21 heavy (non-hydrogen) atoms. The fourth-order valence-corrected chi connectivity index (χ4v) is 2.11. The van der Waals surface area contributed by atoms with E-state index in [0.29, 0.717) is 18.8 Å². The Morgan fingerprint density at radius 1 is 1.57 bits per heavy atom. The summed E-state index contributed by atoms with van der Waals surface area (Å²) in [5.74, 6) is -0.930. The van der Waals surface area contributed by atoms with Gasteiger partial charge in [0.2, 0.25) is 0 Å². The van der Waals surface area contributed by atoms with Crippen molar-refractivity contribution >= 4 is 17.7 Å². The van der Waals surface area contributed by atoms with Gasteiger partial charge in [0.15, 0.2) is 0 Å². The van der Waals surface area contributed by atoms with Crippen LogP contribution in [0.5, 0.6) is 0 Å². The molecule has 1 aromatic rings. The van der Waals surface area contributed by atoms with Crippen LogP contribution in [0.3, 0.4) is 0 Å². The minimum absolute atomic E-state index is 0.102. The van der Waals surface area contributed by atoms with Crippen LogP contribution >= 0.6 is 0 Å². The normalized spacial score (nSPS) is 18.8. The van der Waals surface area contributed by atoms with Gasteiger partial charge in [-0.2, -0.15) is 5.10 Å². The number of morpholine rings is 1. The molecule has 0 spiro atoms. The van der Waals surface area contributed by atoms with E-state index in [9.17, 15) is 9.59 Å². The van der Waals surface area contributed by atoms with E-state index in [2.05, 4.69) is 10.4 Å². The molecule has 1 saturated heterocycles. The summed E-state index contributed by atoms with van der Waals surface area (Å²) in [4.78, 5) is 24.4. The summed E-state index contributed by atoms with van der Waals surface area (Å²) in [5, 5.41) is 15.7. The lowest BCUT2D eigenvalue weighted by atomic mass is 10.2. The van der Waals surface area contributed by atoms with Gasteiger partial charge < -0.3 is 20.1 Å². The third-order valence-corrected chi connectivity index (χ3v) is 3.21. The highest BCUT2D eigenvalue weighted by molar-refractivity contribution is 5.89. The monoisotopic (exact) mass is 296 g/mol. The van der Waals surface area contributed by atoms with Crippen LogP contribution in [0.4, 0.5) is 10.5 Å². The zero-order valence-electron chi connectivity index (χ0n) is 12.2. The average Bonchev–Trinajstić information content (AvgIpc) is 2.87. The van der Waals surface area contributed by atoms with Crippen LogP contribution in [-0.4, -0.2) is 57.6 Å². The molecular formula is C13H20N4O4. The van der Waals surface area contributed by atoms with E-state index < -0.39 is 12.1 Å². The zero-order chi connectivity index (χ0) is 15.4. The maximum absolute atomic E-state index is 12.2. The number of amides is 2. The fraction of sp³-hybridized carbons (Fsp3) is 0.615. The number of ether oxygens (including phenoxy) is 1. The van der Waals surface area contributed by atoms with Gasteiger partial charge in [0, 0.05) is 25.3 Å². The Hall–Kier alpha value is -2.09. The van der Waals surface area contributed by atoms with E-state index in [1.165, 1.54) is 0 Å². The number of hydrogen-bond donors (Lipinski definition) is 2. The summed E-state index contributed by atoms with van der Waals surface area (Å²) in [7, 11) is 0. The molecule has 2 amide bonds. The maximum Gasteiger partial charge on any atom is 0.322 e. The van der Waals surface area contributed by atoms with Crippen LogP contribution in [-0.2, 0) is 9.53 Å². The van der Waals surface area contributed by atoms with Crippen molar-refractivity contribution in [2.24, 2.45) is 0 Å². The first-order valence-corrected chi connectivity index (χ1v) is 6.89.